The van der Waals surface area contributed by atoms with E-state index in [2.05, 4.69) is 49.5 Å². The van der Waals surface area contributed by atoms with E-state index in [4.69, 9.17) is 0 Å². The summed E-state index contributed by atoms with van der Waals surface area (Å²) in [5.41, 5.74) is 0. The minimum absolute atomic E-state index is 0.974. The van der Waals surface area contributed by atoms with Crippen molar-refractivity contribution in [3.05, 3.63) is 12.7 Å². The lowest BCUT2D eigenvalue weighted by molar-refractivity contribution is 0.246. The van der Waals surface area contributed by atoms with Gasteiger partial charge in [-0.2, -0.15) is 0 Å². The molecule has 3 nitrogen and oxygen atoms in total. The maximum Gasteiger partial charge on any atom is 0.0158 e. The predicted octanol–water partition coefficient (Wildman–Crippen LogP) is 0.598. The quantitative estimate of drug-likeness (QED) is 0.530. The monoisotopic (exact) mass is 199 g/mol. The Labute approximate surface area is 89.0 Å². The molecular formula is C11H25N3. The van der Waals surface area contributed by atoms with Gasteiger partial charge in [-0.15, -0.1) is 6.58 Å². The van der Waals surface area contributed by atoms with E-state index in [0.29, 0.717) is 0 Å². The van der Waals surface area contributed by atoms with Gasteiger partial charge in [0.2, 0.25) is 0 Å². The van der Waals surface area contributed by atoms with Crippen molar-refractivity contribution in [2.24, 2.45) is 0 Å². The van der Waals surface area contributed by atoms with Crippen LogP contribution in [0.15, 0.2) is 12.7 Å². The molecule has 0 aromatic rings. The van der Waals surface area contributed by atoms with E-state index in [-0.39, 0.29) is 0 Å². The molecule has 0 spiro atoms. The first-order valence-corrected chi connectivity index (χ1v) is 5.19. The molecule has 0 aliphatic heterocycles. The Kier molecular flexibility index (Phi) is 7.76. The topological polar surface area (TPSA) is 9.72 Å². The van der Waals surface area contributed by atoms with Crippen LogP contribution >= 0.6 is 0 Å². The van der Waals surface area contributed by atoms with E-state index in [0.717, 1.165) is 32.7 Å². The molecule has 3 heteroatoms. The van der Waals surface area contributed by atoms with E-state index in [1.54, 1.807) is 0 Å². The third-order valence-corrected chi connectivity index (χ3v) is 2.23. The lowest BCUT2D eigenvalue weighted by Gasteiger charge is -2.22. The highest BCUT2D eigenvalue weighted by atomic mass is 15.2. The van der Waals surface area contributed by atoms with Crippen molar-refractivity contribution < 1.29 is 0 Å². The van der Waals surface area contributed by atoms with E-state index < -0.39 is 0 Å². The largest absolute Gasteiger partial charge is 0.308 e. The van der Waals surface area contributed by atoms with Crippen LogP contribution in [-0.4, -0.2) is 75.6 Å². The molecule has 0 saturated carbocycles. The maximum atomic E-state index is 3.73. The zero-order valence-electron chi connectivity index (χ0n) is 10.2. The highest BCUT2D eigenvalue weighted by Crippen LogP contribution is 1.87. The van der Waals surface area contributed by atoms with E-state index in [1.165, 1.54) is 0 Å². The van der Waals surface area contributed by atoms with Crippen LogP contribution in [0.2, 0.25) is 0 Å². The minimum atomic E-state index is 0.974. The van der Waals surface area contributed by atoms with Crippen molar-refractivity contribution in [3.63, 3.8) is 0 Å². The van der Waals surface area contributed by atoms with Gasteiger partial charge in [-0.05, 0) is 28.2 Å². The Balaban J connectivity index is 3.42. The van der Waals surface area contributed by atoms with Crippen LogP contribution in [0.3, 0.4) is 0 Å². The molecule has 0 aromatic carbocycles. The molecular weight excluding hydrogens is 174 g/mol. The molecule has 0 rings (SSSR count). The highest BCUT2D eigenvalue weighted by molar-refractivity contribution is 4.71. The molecule has 0 atom stereocenters. The first kappa shape index (κ1) is 13.6. The summed E-state index contributed by atoms with van der Waals surface area (Å²) in [6, 6.07) is 0. The van der Waals surface area contributed by atoms with Gasteiger partial charge in [-0.25, -0.2) is 0 Å². The summed E-state index contributed by atoms with van der Waals surface area (Å²) in [5.74, 6) is 0. The van der Waals surface area contributed by atoms with Gasteiger partial charge >= 0.3 is 0 Å². The summed E-state index contributed by atoms with van der Waals surface area (Å²) in [4.78, 5) is 6.85. The second-order valence-corrected chi connectivity index (χ2v) is 4.16. The number of hydrogen-bond acceptors (Lipinski definition) is 3. The van der Waals surface area contributed by atoms with Crippen LogP contribution in [0.5, 0.6) is 0 Å². The van der Waals surface area contributed by atoms with Gasteiger partial charge in [-0.1, -0.05) is 6.08 Å². The first-order chi connectivity index (χ1) is 6.56. The smallest absolute Gasteiger partial charge is 0.0158 e. The molecule has 14 heavy (non-hydrogen) atoms. The summed E-state index contributed by atoms with van der Waals surface area (Å²) in [6.45, 7) is 9.19. The summed E-state index contributed by atoms with van der Waals surface area (Å²) >= 11 is 0. The summed E-state index contributed by atoms with van der Waals surface area (Å²) in [7, 11) is 8.52. The lowest BCUT2D eigenvalue weighted by Crippen LogP contribution is -2.34. The average Bonchev–Trinajstić information content (AvgIpc) is 2.12. The normalized spacial score (nSPS) is 11.6. The molecule has 0 aliphatic rings. The van der Waals surface area contributed by atoms with Crippen molar-refractivity contribution in [2.75, 3.05) is 60.9 Å². The molecule has 0 unspecified atom stereocenters. The molecule has 0 N–H and O–H groups in total. The van der Waals surface area contributed by atoms with Crippen molar-refractivity contribution in [1.29, 1.82) is 0 Å². The van der Waals surface area contributed by atoms with E-state index >= 15 is 0 Å². The standard InChI is InChI=1S/C11H25N3/c1-6-7-13(4)10-11-14(5)9-8-12(2)3/h6H,1,7-11H2,2-5H3. The summed E-state index contributed by atoms with van der Waals surface area (Å²) in [5, 5.41) is 0. The Morgan fingerprint density at radius 2 is 1.36 bits per heavy atom. The van der Waals surface area contributed by atoms with Crippen LogP contribution in [0, 0.1) is 0 Å². The fraction of sp³-hybridized carbons (Fsp3) is 0.818. The Bertz CT molecular complexity index is 145. The zero-order chi connectivity index (χ0) is 11.0. The Morgan fingerprint density at radius 3 is 1.86 bits per heavy atom. The third-order valence-electron chi connectivity index (χ3n) is 2.23. The molecule has 0 aromatic heterocycles. The Morgan fingerprint density at radius 1 is 0.857 bits per heavy atom. The molecule has 0 aliphatic carbocycles. The van der Waals surface area contributed by atoms with E-state index in [1.807, 2.05) is 6.08 Å². The van der Waals surface area contributed by atoms with Gasteiger partial charge in [0, 0.05) is 32.7 Å². The molecule has 0 fully saturated rings. The van der Waals surface area contributed by atoms with Crippen LogP contribution in [0.1, 0.15) is 0 Å². The lowest BCUT2D eigenvalue weighted by atomic mass is 10.4. The number of nitrogens with zero attached hydrogens (tertiary/aromatic N) is 3. The molecule has 0 saturated heterocycles. The van der Waals surface area contributed by atoms with Gasteiger partial charge in [0.1, 0.15) is 0 Å². The molecule has 0 bridgehead atoms. The number of rotatable bonds is 8. The minimum Gasteiger partial charge on any atom is -0.308 e. The molecule has 0 radical (unpaired) electrons. The fourth-order valence-electron chi connectivity index (χ4n) is 1.14. The van der Waals surface area contributed by atoms with Gasteiger partial charge in [0.15, 0.2) is 0 Å². The molecule has 84 valence electrons. The number of hydrogen-bond donors (Lipinski definition) is 0. The Hall–Kier alpha value is -0.380. The van der Waals surface area contributed by atoms with Gasteiger partial charge in [0.25, 0.3) is 0 Å². The highest BCUT2D eigenvalue weighted by Gasteiger charge is 2.00. The number of likely N-dealkylation sites (N-methyl/N-ethyl adjacent to an activating group) is 3. The predicted molar refractivity (Wildman–Crippen MR) is 63.7 cm³/mol. The SMILES string of the molecule is C=CCN(C)CCN(C)CCN(C)C. The second kappa shape index (κ2) is 7.97. The average molecular weight is 199 g/mol. The first-order valence-electron chi connectivity index (χ1n) is 5.19. The van der Waals surface area contributed by atoms with Crippen LogP contribution < -0.4 is 0 Å². The van der Waals surface area contributed by atoms with E-state index in [9.17, 15) is 0 Å². The molecule has 0 amide bonds. The van der Waals surface area contributed by atoms with Crippen LogP contribution in [-0.2, 0) is 0 Å². The van der Waals surface area contributed by atoms with Crippen molar-refractivity contribution >= 4 is 0 Å². The van der Waals surface area contributed by atoms with Gasteiger partial charge in [0.05, 0.1) is 0 Å². The summed E-state index contributed by atoms with van der Waals surface area (Å²) in [6.07, 6.45) is 1.94. The van der Waals surface area contributed by atoms with Crippen molar-refractivity contribution in [1.82, 2.24) is 14.7 Å². The van der Waals surface area contributed by atoms with Gasteiger partial charge < -0.3 is 14.7 Å². The second-order valence-electron chi connectivity index (χ2n) is 4.16. The van der Waals surface area contributed by atoms with Gasteiger partial charge in [-0.3, -0.25) is 0 Å². The van der Waals surface area contributed by atoms with Crippen molar-refractivity contribution in [3.8, 4) is 0 Å². The fourth-order valence-corrected chi connectivity index (χ4v) is 1.14. The summed E-state index contributed by atoms with van der Waals surface area (Å²) < 4.78 is 0. The van der Waals surface area contributed by atoms with Crippen LogP contribution in [0.25, 0.3) is 0 Å². The third kappa shape index (κ3) is 8.23. The van der Waals surface area contributed by atoms with Crippen molar-refractivity contribution in [2.45, 2.75) is 0 Å². The molecule has 0 heterocycles. The van der Waals surface area contributed by atoms with Crippen LogP contribution in [0.4, 0.5) is 0 Å². The zero-order valence-corrected chi connectivity index (χ0v) is 10.2. The maximum absolute atomic E-state index is 3.73.